The molecule has 3 rings (SSSR count). The molecule has 1 saturated heterocycles. The maximum atomic E-state index is 5.97. The third kappa shape index (κ3) is 2.35. The summed E-state index contributed by atoms with van der Waals surface area (Å²) >= 11 is 0. The Hall–Kier alpha value is -1.13. The van der Waals surface area contributed by atoms with E-state index in [1.165, 1.54) is 0 Å². The summed E-state index contributed by atoms with van der Waals surface area (Å²) in [4.78, 5) is 4.28. The Kier molecular flexibility index (Phi) is 3.22. The van der Waals surface area contributed by atoms with Crippen molar-refractivity contribution >= 4 is 0 Å². The van der Waals surface area contributed by atoms with Crippen molar-refractivity contribution < 1.29 is 14.2 Å². The molecule has 98 valence electrons. The van der Waals surface area contributed by atoms with Crippen LogP contribution in [0.3, 0.4) is 0 Å². The average Bonchev–Trinajstić information content (AvgIpc) is 2.84. The van der Waals surface area contributed by atoms with Crippen LogP contribution in [0.15, 0.2) is 18.3 Å². The van der Waals surface area contributed by atoms with Crippen LogP contribution in [0.4, 0.5) is 0 Å². The topological polar surface area (TPSA) is 40.6 Å². The fraction of sp³-hybridized carbons (Fsp3) is 0.643. The van der Waals surface area contributed by atoms with Crippen LogP contribution in [0.2, 0.25) is 0 Å². The van der Waals surface area contributed by atoms with Gasteiger partial charge in [-0.15, -0.1) is 0 Å². The maximum Gasteiger partial charge on any atom is 0.216 e. The van der Waals surface area contributed by atoms with E-state index in [4.69, 9.17) is 14.2 Å². The molecule has 0 amide bonds. The highest BCUT2D eigenvalue weighted by Gasteiger charge is 2.40. The molecule has 18 heavy (non-hydrogen) atoms. The van der Waals surface area contributed by atoms with Crippen LogP contribution in [0, 0.1) is 6.92 Å². The molecule has 1 aromatic rings. The van der Waals surface area contributed by atoms with Gasteiger partial charge < -0.3 is 14.2 Å². The Balaban J connectivity index is 1.59. The van der Waals surface area contributed by atoms with Crippen LogP contribution in [-0.4, -0.2) is 30.1 Å². The monoisotopic (exact) mass is 249 g/mol. The van der Waals surface area contributed by atoms with E-state index in [-0.39, 0.29) is 11.9 Å². The molecule has 0 bridgehead atoms. The van der Waals surface area contributed by atoms with Gasteiger partial charge in [0.15, 0.2) is 5.79 Å². The van der Waals surface area contributed by atoms with Crippen LogP contribution in [0.5, 0.6) is 5.88 Å². The number of ether oxygens (including phenoxy) is 3. The minimum atomic E-state index is -0.307. The van der Waals surface area contributed by atoms with E-state index in [1.54, 1.807) is 6.20 Å². The van der Waals surface area contributed by atoms with E-state index < -0.39 is 0 Å². The predicted octanol–water partition coefficient (Wildman–Crippen LogP) is 2.45. The first-order valence-electron chi connectivity index (χ1n) is 6.64. The molecular weight excluding hydrogens is 230 g/mol. The fourth-order valence-corrected chi connectivity index (χ4v) is 2.69. The molecule has 0 N–H and O–H groups in total. The largest absolute Gasteiger partial charge is 0.474 e. The van der Waals surface area contributed by atoms with Crippen molar-refractivity contribution in [3.63, 3.8) is 0 Å². The molecule has 0 radical (unpaired) electrons. The summed E-state index contributed by atoms with van der Waals surface area (Å²) in [5.74, 6) is 0.450. The van der Waals surface area contributed by atoms with E-state index in [0.29, 0.717) is 0 Å². The number of nitrogens with zero attached hydrogens (tertiary/aromatic N) is 1. The van der Waals surface area contributed by atoms with E-state index in [0.717, 1.165) is 50.3 Å². The van der Waals surface area contributed by atoms with E-state index in [2.05, 4.69) is 4.98 Å². The fourth-order valence-electron chi connectivity index (χ4n) is 2.69. The van der Waals surface area contributed by atoms with Gasteiger partial charge in [-0.3, -0.25) is 0 Å². The van der Waals surface area contributed by atoms with Gasteiger partial charge in [0.2, 0.25) is 5.88 Å². The molecule has 4 heteroatoms. The maximum absolute atomic E-state index is 5.97. The van der Waals surface area contributed by atoms with Gasteiger partial charge in [-0.25, -0.2) is 4.98 Å². The zero-order valence-corrected chi connectivity index (χ0v) is 10.7. The zero-order chi connectivity index (χ0) is 12.4. The second-order valence-electron chi connectivity index (χ2n) is 5.05. The van der Waals surface area contributed by atoms with Crippen LogP contribution in [-0.2, 0) is 9.47 Å². The van der Waals surface area contributed by atoms with E-state index in [9.17, 15) is 0 Å². The molecule has 1 aromatic heterocycles. The molecular formula is C14H19NO3. The molecule has 2 fully saturated rings. The number of aryl methyl sites for hydroxylation is 1. The summed E-state index contributed by atoms with van der Waals surface area (Å²) in [5.41, 5.74) is 1.09. The van der Waals surface area contributed by atoms with Crippen molar-refractivity contribution in [3.8, 4) is 5.88 Å². The Morgan fingerprint density at radius 3 is 2.67 bits per heavy atom. The third-order valence-electron chi connectivity index (χ3n) is 3.75. The van der Waals surface area contributed by atoms with Gasteiger partial charge in [0.1, 0.15) is 6.10 Å². The molecule has 4 nitrogen and oxygen atoms in total. The van der Waals surface area contributed by atoms with Crippen molar-refractivity contribution in [1.29, 1.82) is 0 Å². The van der Waals surface area contributed by atoms with Gasteiger partial charge >= 0.3 is 0 Å². The molecule has 1 aliphatic heterocycles. The summed E-state index contributed by atoms with van der Waals surface area (Å²) in [6.45, 7) is 3.48. The SMILES string of the molecule is Cc1cccnc1OC1CCC2(CC1)OCCO2. The molecule has 1 saturated carbocycles. The lowest BCUT2D eigenvalue weighted by Crippen LogP contribution is -2.38. The van der Waals surface area contributed by atoms with Crippen molar-refractivity contribution in [2.24, 2.45) is 0 Å². The second-order valence-corrected chi connectivity index (χ2v) is 5.05. The summed E-state index contributed by atoms with van der Waals surface area (Å²) in [5, 5.41) is 0. The van der Waals surface area contributed by atoms with Crippen molar-refractivity contribution in [3.05, 3.63) is 23.9 Å². The van der Waals surface area contributed by atoms with Crippen LogP contribution >= 0.6 is 0 Å². The highest BCUT2D eigenvalue weighted by Crippen LogP contribution is 2.37. The smallest absolute Gasteiger partial charge is 0.216 e. The lowest BCUT2D eigenvalue weighted by molar-refractivity contribution is -0.186. The normalized spacial score (nSPS) is 23.4. The minimum Gasteiger partial charge on any atom is -0.474 e. The quantitative estimate of drug-likeness (QED) is 0.807. The Bertz CT molecular complexity index is 405. The van der Waals surface area contributed by atoms with E-state index >= 15 is 0 Å². The Morgan fingerprint density at radius 2 is 2.00 bits per heavy atom. The summed E-state index contributed by atoms with van der Waals surface area (Å²) in [7, 11) is 0. The van der Waals surface area contributed by atoms with Crippen LogP contribution < -0.4 is 4.74 Å². The molecule has 0 aromatic carbocycles. The molecule has 1 aliphatic carbocycles. The minimum absolute atomic E-state index is 0.233. The number of hydrogen-bond donors (Lipinski definition) is 0. The number of hydrogen-bond acceptors (Lipinski definition) is 4. The number of aromatic nitrogens is 1. The molecule has 1 spiro atoms. The first-order chi connectivity index (χ1) is 8.77. The van der Waals surface area contributed by atoms with Gasteiger partial charge in [-0.05, 0) is 25.8 Å². The number of pyridine rings is 1. The van der Waals surface area contributed by atoms with Gasteiger partial charge in [0.05, 0.1) is 13.2 Å². The lowest BCUT2D eigenvalue weighted by Gasteiger charge is -2.35. The highest BCUT2D eigenvalue weighted by atomic mass is 16.7. The van der Waals surface area contributed by atoms with Crippen LogP contribution in [0.25, 0.3) is 0 Å². The average molecular weight is 249 g/mol. The lowest BCUT2D eigenvalue weighted by atomic mass is 9.92. The summed E-state index contributed by atoms with van der Waals surface area (Å²) < 4.78 is 17.4. The van der Waals surface area contributed by atoms with Crippen molar-refractivity contribution in [2.45, 2.75) is 44.5 Å². The van der Waals surface area contributed by atoms with Crippen molar-refractivity contribution in [1.82, 2.24) is 4.98 Å². The van der Waals surface area contributed by atoms with Crippen molar-refractivity contribution in [2.75, 3.05) is 13.2 Å². The Labute approximate surface area is 107 Å². The molecule has 0 atom stereocenters. The van der Waals surface area contributed by atoms with Crippen LogP contribution in [0.1, 0.15) is 31.2 Å². The molecule has 0 unspecified atom stereocenters. The van der Waals surface area contributed by atoms with Gasteiger partial charge in [-0.1, -0.05) is 6.07 Å². The highest BCUT2D eigenvalue weighted by molar-refractivity contribution is 5.23. The molecule has 2 aliphatic rings. The first kappa shape index (κ1) is 11.9. The van der Waals surface area contributed by atoms with E-state index in [1.807, 2.05) is 19.1 Å². The zero-order valence-electron chi connectivity index (χ0n) is 10.7. The molecule has 2 heterocycles. The van der Waals surface area contributed by atoms with Gasteiger partial charge in [0, 0.05) is 24.6 Å². The van der Waals surface area contributed by atoms with Gasteiger partial charge in [0.25, 0.3) is 0 Å². The summed E-state index contributed by atoms with van der Waals surface area (Å²) in [6, 6.07) is 3.95. The second kappa shape index (κ2) is 4.86. The number of rotatable bonds is 2. The first-order valence-corrected chi connectivity index (χ1v) is 6.64. The standard InChI is InChI=1S/C14H19NO3/c1-11-3-2-8-15-13(11)18-12-4-6-14(7-5-12)16-9-10-17-14/h2-3,8,12H,4-7,9-10H2,1H3. The predicted molar refractivity (Wildman–Crippen MR) is 66.5 cm³/mol. The van der Waals surface area contributed by atoms with Gasteiger partial charge in [-0.2, -0.15) is 0 Å². The summed E-state index contributed by atoms with van der Waals surface area (Å²) in [6.07, 6.45) is 5.78. The third-order valence-corrected chi connectivity index (χ3v) is 3.75. The Morgan fingerprint density at radius 1 is 1.28 bits per heavy atom.